The topological polar surface area (TPSA) is 67.7 Å². The van der Waals surface area contributed by atoms with Crippen LogP contribution in [0.25, 0.3) is 0 Å². The molecule has 0 N–H and O–H groups in total. The van der Waals surface area contributed by atoms with Gasteiger partial charge < -0.3 is 9.64 Å². The largest absolute Gasteiger partial charge is 0.494 e. The highest BCUT2D eigenvalue weighted by atomic mass is 32.2. The molecule has 0 aliphatic carbocycles. The maximum absolute atomic E-state index is 12.8. The Morgan fingerprint density at radius 3 is 2.36 bits per heavy atom. The number of piperazine rings is 1. The van der Waals surface area contributed by atoms with E-state index in [9.17, 15) is 8.42 Å². The fourth-order valence-corrected chi connectivity index (χ4v) is 4.86. The van der Waals surface area contributed by atoms with Crippen molar-refractivity contribution in [2.24, 2.45) is 0 Å². The highest BCUT2D eigenvalue weighted by molar-refractivity contribution is 7.89. The van der Waals surface area contributed by atoms with Gasteiger partial charge in [0.05, 0.1) is 11.5 Å². The highest BCUT2D eigenvalue weighted by Gasteiger charge is 2.28. The van der Waals surface area contributed by atoms with Gasteiger partial charge in [-0.2, -0.15) is 9.40 Å². The third-order valence-electron chi connectivity index (χ3n) is 5.02. The van der Waals surface area contributed by atoms with Crippen LogP contribution in [0.3, 0.4) is 0 Å². The summed E-state index contributed by atoms with van der Waals surface area (Å²) in [5.41, 5.74) is 0. The predicted molar refractivity (Wildman–Crippen MR) is 109 cm³/mol. The zero-order valence-electron chi connectivity index (χ0n) is 16.5. The van der Waals surface area contributed by atoms with Gasteiger partial charge in [0.1, 0.15) is 5.75 Å². The molecule has 3 rings (SSSR count). The van der Waals surface area contributed by atoms with Gasteiger partial charge in [0, 0.05) is 45.1 Å². The molecule has 1 aromatic carbocycles. The van der Waals surface area contributed by atoms with E-state index in [-0.39, 0.29) is 0 Å². The monoisotopic (exact) mass is 406 g/mol. The first-order valence-electron chi connectivity index (χ1n) is 10.0. The van der Waals surface area contributed by atoms with Crippen molar-refractivity contribution < 1.29 is 13.2 Å². The fourth-order valence-electron chi connectivity index (χ4n) is 3.44. The molecule has 1 aliphatic heterocycles. The van der Waals surface area contributed by atoms with Crippen LogP contribution in [0, 0.1) is 0 Å². The van der Waals surface area contributed by atoms with Crippen LogP contribution >= 0.6 is 0 Å². The van der Waals surface area contributed by atoms with E-state index in [4.69, 9.17) is 4.74 Å². The van der Waals surface area contributed by atoms with Gasteiger partial charge in [0.15, 0.2) is 0 Å². The molecule has 0 radical (unpaired) electrons. The Morgan fingerprint density at radius 1 is 1.00 bits per heavy atom. The number of rotatable bonds is 10. The molecule has 0 amide bonds. The average molecular weight is 407 g/mol. The second-order valence-electron chi connectivity index (χ2n) is 6.98. The maximum atomic E-state index is 12.8. The SMILES string of the molecule is CCOc1ccc(S(=O)(=O)N2CCN(CCCCCn3cccn3)CC2)cc1. The summed E-state index contributed by atoms with van der Waals surface area (Å²) in [7, 11) is -3.43. The Bertz CT molecular complexity index is 798. The number of unbranched alkanes of at least 4 members (excludes halogenated alkanes) is 2. The fraction of sp³-hybridized carbons (Fsp3) is 0.550. The van der Waals surface area contributed by atoms with Crippen LogP contribution < -0.4 is 4.74 Å². The van der Waals surface area contributed by atoms with Gasteiger partial charge in [-0.15, -0.1) is 0 Å². The minimum atomic E-state index is -3.43. The van der Waals surface area contributed by atoms with Crippen molar-refractivity contribution in [3.8, 4) is 5.75 Å². The Labute approximate surface area is 167 Å². The lowest BCUT2D eigenvalue weighted by molar-refractivity contribution is 0.185. The summed E-state index contributed by atoms with van der Waals surface area (Å²) in [4.78, 5) is 2.70. The molecule has 154 valence electrons. The molecule has 2 aromatic rings. The molecule has 2 heterocycles. The molecule has 28 heavy (non-hydrogen) atoms. The van der Waals surface area contributed by atoms with E-state index < -0.39 is 10.0 Å². The van der Waals surface area contributed by atoms with Gasteiger partial charge in [-0.05, 0) is 56.6 Å². The summed E-state index contributed by atoms with van der Waals surface area (Å²) in [6, 6.07) is 8.64. The average Bonchev–Trinajstić information content (AvgIpc) is 3.22. The van der Waals surface area contributed by atoms with Gasteiger partial charge in [0.2, 0.25) is 10.0 Å². The molecular formula is C20H30N4O3S. The number of benzene rings is 1. The Morgan fingerprint density at radius 2 is 1.71 bits per heavy atom. The van der Waals surface area contributed by atoms with Crippen molar-refractivity contribution in [2.45, 2.75) is 37.6 Å². The van der Waals surface area contributed by atoms with Crippen LogP contribution in [0.4, 0.5) is 0 Å². The van der Waals surface area contributed by atoms with Gasteiger partial charge in [-0.3, -0.25) is 4.68 Å². The summed E-state index contributed by atoms with van der Waals surface area (Å²) in [5, 5.41) is 4.21. The maximum Gasteiger partial charge on any atom is 0.243 e. The molecule has 0 atom stereocenters. The molecule has 1 saturated heterocycles. The molecule has 1 aliphatic rings. The van der Waals surface area contributed by atoms with E-state index in [1.807, 2.05) is 23.9 Å². The van der Waals surface area contributed by atoms with Crippen molar-refractivity contribution in [3.05, 3.63) is 42.7 Å². The number of sulfonamides is 1. The first kappa shape index (κ1) is 20.8. The highest BCUT2D eigenvalue weighted by Crippen LogP contribution is 2.21. The second kappa shape index (κ2) is 10.0. The van der Waals surface area contributed by atoms with Crippen molar-refractivity contribution in [1.82, 2.24) is 19.0 Å². The summed E-state index contributed by atoms with van der Waals surface area (Å²) in [5.74, 6) is 0.693. The second-order valence-corrected chi connectivity index (χ2v) is 8.92. The van der Waals surface area contributed by atoms with Crippen molar-refractivity contribution in [1.29, 1.82) is 0 Å². The first-order chi connectivity index (χ1) is 13.6. The van der Waals surface area contributed by atoms with E-state index in [0.29, 0.717) is 30.3 Å². The molecule has 0 saturated carbocycles. The normalized spacial score (nSPS) is 16.3. The molecular weight excluding hydrogens is 376 g/mol. The number of aryl methyl sites for hydroxylation is 1. The summed E-state index contributed by atoms with van der Waals surface area (Å²) in [6.45, 7) is 7.12. The lowest BCUT2D eigenvalue weighted by Crippen LogP contribution is -2.48. The first-order valence-corrected chi connectivity index (χ1v) is 11.5. The molecule has 1 aromatic heterocycles. The Balaban J connectivity index is 1.40. The lowest BCUT2D eigenvalue weighted by Gasteiger charge is -2.34. The van der Waals surface area contributed by atoms with Gasteiger partial charge in [-0.1, -0.05) is 6.42 Å². The number of aromatic nitrogens is 2. The number of nitrogens with zero attached hydrogens (tertiary/aromatic N) is 4. The smallest absolute Gasteiger partial charge is 0.243 e. The van der Waals surface area contributed by atoms with E-state index in [1.165, 1.54) is 0 Å². The summed E-state index contributed by atoms with van der Waals surface area (Å²) in [6.07, 6.45) is 7.20. The molecule has 7 nitrogen and oxygen atoms in total. The Hall–Kier alpha value is -1.90. The predicted octanol–water partition coefficient (Wildman–Crippen LogP) is 2.46. The van der Waals surface area contributed by atoms with Gasteiger partial charge in [-0.25, -0.2) is 8.42 Å². The summed E-state index contributed by atoms with van der Waals surface area (Å²) < 4.78 is 34.6. The third kappa shape index (κ3) is 5.56. The molecule has 1 fully saturated rings. The van der Waals surface area contributed by atoms with Crippen LogP contribution in [-0.4, -0.2) is 66.7 Å². The number of hydrogen-bond acceptors (Lipinski definition) is 5. The minimum Gasteiger partial charge on any atom is -0.494 e. The van der Waals surface area contributed by atoms with Crippen LogP contribution in [0.2, 0.25) is 0 Å². The zero-order valence-corrected chi connectivity index (χ0v) is 17.4. The third-order valence-corrected chi connectivity index (χ3v) is 6.94. The quantitative estimate of drug-likeness (QED) is 0.567. The number of hydrogen-bond donors (Lipinski definition) is 0. The van der Waals surface area contributed by atoms with Crippen molar-refractivity contribution >= 4 is 10.0 Å². The summed E-state index contributed by atoms with van der Waals surface area (Å²) >= 11 is 0. The van der Waals surface area contributed by atoms with E-state index in [2.05, 4.69) is 10.00 Å². The van der Waals surface area contributed by atoms with Crippen molar-refractivity contribution in [3.63, 3.8) is 0 Å². The molecule has 0 unspecified atom stereocenters. The van der Waals surface area contributed by atoms with Gasteiger partial charge >= 0.3 is 0 Å². The zero-order chi connectivity index (χ0) is 19.8. The molecule has 0 bridgehead atoms. The van der Waals surface area contributed by atoms with Crippen molar-refractivity contribution in [2.75, 3.05) is 39.3 Å². The van der Waals surface area contributed by atoms with E-state index in [0.717, 1.165) is 45.4 Å². The molecule has 0 spiro atoms. The number of ether oxygens (including phenoxy) is 1. The minimum absolute atomic E-state index is 0.336. The standard InChI is InChI=1S/C20H30N4O3S/c1-2-27-19-7-9-20(10-8-19)28(25,26)24-17-15-22(16-18-24)12-4-3-5-13-23-14-6-11-21-23/h6-11,14H,2-5,12-13,15-18H2,1H3. The lowest BCUT2D eigenvalue weighted by atomic mass is 10.2. The van der Waals surface area contributed by atoms with E-state index in [1.54, 1.807) is 34.8 Å². The Kier molecular flexibility index (Phi) is 7.47. The molecule has 8 heteroatoms. The van der Waals surface area contributed by atoms with Crippen LogP contribution in [0.15, 0.2) is 47.6 Å². The van der Waals surface area contributed by atoms with Crippen LogP contribution in [-0.2, 0) is 16.6 Å². The van der Waals surface area contributed by atoms with Crippen LogP contribution in [0.1, 0.15) is 26.2 Å². The van der Waals surface area contributed by atoms with Crippen LogP contribution in [0.5, 0.6) is 5.75 Å². The van der Waals surface area contributed by atoms with Gasteiger partial charge in [0.25, 0.3) is 0 Å². The van der Waals surface area contributed by atoms with E-state index >= 15 is 0 Å².